The Hall–Kier alpha value is -1.14. The van der Waals surface area contributed by atoms with E-state index in [1.807, 2.05) is 0 Å². The lowest BCUT2D eigenvalue weighted by atomic mass is 10.3. The normalized spacial score (nSPS) is 9.89. The van der Waals surface area contributed by atoms with Gasteiger partial charge in [0.2, 0.25) is 0 Å². The van der Waals surface area contributed by atoms with Crippen molar-refractivity contribution in [3.05, 3.63) is 33.5 Å². The highest BCUT2D eigenvalue weighted by molar-refractivity contribution is 9.11. The van der Waals surface area contributed by atoms with Crippen LogP contribution in [0.1, 0.15) is 16.6 Å². The van der Waals surface area contributed by atoms with Crippen LogP contribution in [0.25, 0.3) is 0 Å². The fraction of sp³-hybridized carbons (Fsp3) is 0.333. The molecule has 0 atom stereocenters. The number of hydrogen-bond donors (Lipinski definition) is 0. The van der Waals surface area contributed by atoms with Crippen molar-refractivity contribution in [1.82, 2.24) is 4.90 Å². The number of esters is 1. The van der Waals surface area contributed by atoms with Gasteiger partial charge in [-0.2, -0.15) is 0 Å². The van der Waals surface area contributed by atoms with Crippen molar-refractivity contribution in [3.63, 3.8) is 0 Å². The van der Waals surface area contributed by atoms with Crippen LogP contribution in [0.15, 0.2) is 28.6 Å². The molecule has 0 aliphatic rings. The number of amides is 1. The number of nitrogens with zero attached hydrogens (tertiary/aromatic N) is 1. The molecule has 1 amide bonds. The maximum absolute atomic E-state index is 12.1. The molecular weight excluding hydrogens is 318 g/mol. The summed E-state index contributed by atoms with van der Waals surface area (Å²) < 4.78 is 5.71. The Morgan fingerprint density at radius 1 is 1.56 bits per heavy atom. The van der Waals surface area contributed by atoms with Gasteiger partial charge in [-0.3, -0.25) is 9.59 Å². The minimum Gasteiger partial charge on any atom is -0.465 e. The summed E-state index contributed by atoms with van der Waals surface area (Å²) in [5.74, 6) is -0.609. The zero-order valence-corrected chi connectivity index (χ0v) is 12.4. The second-order valence-electron chi connectivity index (χ2n) is 3.38. The van der Waals surface area contributed by atoms with Crippen LogP contribution < -0.4 is 0 Å². The zero-order chi connectivity index (χ0) is 13.5. The maximum atomic E-state index is 12.1. The Morgan fingerprint density at radius 2 is 2.28 bits per heavy atom. The molecule has 0 bridgehead atoms. The lowest BCUT2D eigenvalue weighted by Gasteiger charge is -2.19. The third-order valence-electron chi connectivity index (χ3n) is 2.05. The molecule has 0 aromatic carbocycles. The van der Waals surface area contributed by atoms with Gasteiger partial charge in [-0.15, -0.1) is 17.9 Å². The summed E-state index contributed by atoms with van der Waals surface area (Å²) in [7, 11) is 0. The van der Waals surface area contributed by atoms with Gasteiger partial charge < -0.3 is 9.64 Å². The zero-order valence-electron chi connectivity index (χ0n) is 10.0. The minimum absolute atomic E-state index is 0.0613. The molecule has 0 saturated heterocycles. The SMILES string of the molecule is C=CCN(CC(=O)OCC)C(=O)c1ccc(Br)s1. The fourth-order valence-corrected chi connectivity index (χ4v) is 2.68. The van der Waals surface area contributed by atoms with Gasteiger partial charge in [0, 0.05) is 6.54 Å². The Morgan fingerprint density at radius 3 is 2.78 bits per heavy atom. The predicted octanol–water partition coefficient (Wildman–Crippen LogP) is 2.70. The summed E-state index contributed by atoms with van der Waals surface area (Å²) >= 11 is 4.63. The van der Waals surface area contributed by atoms with E-state index in [1.165, 1.54) is 16.2 Å². The third-order valence-corrected chi connectivity index (χ3v) is 3.66. The number of thiophene rings is 1. The van der Waals surface area contributed by atoms with Gasteiger partial charge in [0.15, 0.2) is 0 Å². The Bertz CT molecular complexity index is 444. The van der Waals surface area contributed by atoms with E-state index in [9.17, 15) is 9.59 Å². The fourth-order valence-electron chi connectivity index (χ4n) is 1.32. The Labute approximate surface area is 118 Å². The average Bonchev–Trinajstić information content (AvgIpc) is 2.75. The highest BCUT2D eigenvalue weighted by Crippen LogP contribution is 2.23. The van der Waals surface area contributed by atoms with Crippen molar-refractivity contribution in [2.45, 2.75) is 6.92 Å². The van der Waals surface area contributed by atoms with Crippen LogP contribution in [0.4, 0.5) is 0 Å². The molecule has 6 heteroatoms. The quantitative estimate of drug-likeness (QED) is 0.594. The molecule has 1 rings (SSSR count). The largest absolute Gasteiger partial charge is 0.465 e. The molecule has 1 aromatic rings. The van der Waals surface area contributed by atoms with E-state index in [1.54, 1.807) is 25.1 Å². The van der Waals surface area contributed by atoms with Gasteiger partial charge in [-0.05, 0) is 35.0 Å². The number of rotatable bonds is 6. The third kappa shape index (κ3) is 4.27. The van der Waals surface area contributed by atoms with Crippen molar-refractivity contribution in [2.24, 2.45) is 0 Å². The van der Waals surface area contributed by atoms with Crippen LogP contribution in [0.2, 0.25) is 0 Å². The molecule has 0 saturated carbocycles. The second-order valence-corrected chi connectivity index (χ2v) is 5.85. The van der Waals surface area contributed by atoms with Crippen LogP contribution in [-0.4, -0.2) is 36.5 Å². The van der Waals surface area contributed by atoms with Gasteiger partial charge in [0.1, 0.15) is 6.54 Å². The molecule has 1 heterocycles. The topological polar surface area (TPSA) is 46.6 Å². The van der Waals surface area contributed by atoms with Crippen molar-refractivity contribution in [2.75, 3.05) is 19.7 Å². The lowest BCUT2D eigenvalue weighted by molar-refractivity contribution is -0.143. The van der Waals surface area contributed by atoms with E-state index < -0.39 is 5.97 Å². The first-order chi connectivity index (χ1) is 8.58. The van der Waals surface area contributed by atoms with Crippen LogP contribution in [0.3, 0.4) is 0 Å². The van der Waals surface area contributed by atoms with E-state index in [0.717, 1.165) is 3.79 Å². The summed E-state index contributed by atoms with van der Waals surface area (Å²) in [6.45, 7) is 5.87. The smallest absolute Gasteiger partial charge is 0.325 e. The Balaban J connectivity index is 2.74. The van der Waals surface area contributed by atoms with Gasteiger partial charge in [0.25, 0.3) is 5.91 Å². The summed E-state index contributed by atoms with van der Waals surface area (Å²) in [5.41, 5.74) is 0. The van der Waals surface area contributed by atoms with Crippen LogP contribution >= 0.6 is 27.3 Å². The molecule has 98 valence electrons. The second kappa shape index (κ2) is 7.33. The van der Waals surface area contributed by atoms with Crippen LogP contribution in [0, 0.1) is 0 Å². The summed E-state index contributed by atoms with van der Waals surface area (Å²) in [6, 6.07) is 3.52. The molecule has 0 spiro atoms. The van der Waals surface area contributed by atoms with Gasteiger partial charge in [-0.1, -0.05) is 6.08 Å². The van der Waals surface area contributed by atoms with E-state index in [2.05, 4.69) is 22.5 Å². The highest BCUT2D eigenvalue weighted by atomic mass is 79.9. The molecule has 4 nitrogen and oxygen atoms in total. The first kappa shape index (κ1) is 14.9. The van der Waals surface area contributed by atoms with Gasteiger partial charge in [0.05, 0.1) is 15.3 Å². The molecule has 0 aliphatic carbocycles. The average molecular weight is 332 g/mol. The van der Waals surface area contributed by atoms with E-state index >= 15 is 0 Å². The minimum atomic E-state index is -0.414. The van der Waals surface area contributed by atoms with Crippen molar-refractivity contribution in [1.29, 1.82) is 0 Å². The number of carbonyl (C=O) groups is 2. The summed E-state index contributed by atoms with van der Waals surface area (Å²) in [5, 5.41) is 0. The van der Waals surface area contributed by atoms with Crippen molar-refractivity contribution >= 4 is 39.1 Å². The first-order valence-electron chi connectivity index (χ1n) is 5.39. The van der Waals surface area contributed by atoms with E-state index in [0.29, 0.717) is 18.0 Å². The molecule has 0 fully saturated rings. The number of ether oxygens (including phenoxy) is 1. The van der Waals surface area contributed by atoms with Crippen LogP contribution in [-0.2, 0) is 9.53 Å². The summed E-state index contributed by atoms with van der Waals surface area (Å²) in [6.07, 6.45) is 1.58. The van der Waals surface area contributed by atoms with E-state index in [-0.39, 0.29) is 12.5 Å². The number of halogens is 1. The first-order valence-corrected chi connectivity index (χ1v) is 7.00. The van der Waals surface area contributed by atoms with Crippen molar-refractivity contribution < 1.29 is 14.3 Å². The van der Waals surface area contributed by atoms with E-state index in [4.69, 9.17) is 4.74 Å². The van der Waals surface area contributed by atoms with Crippen molar-refractivity contribution in [3.8, 4) is 0 Å². The molecule has 1 aromatic heterocycles. The van der Waals surface area contributed by atoms with Gasteiger partial charge in [-0.25, -0.2) is 0 Å². The standard InChI is InChI=1S/C12H14BrNO3S/c1-3-7-14(8-11(15)17-4-2)12(16)9-5-6-10(13)18-9/h3,5-6H,1,4,7-8H2,2H3. The Kier molecular flexibility index (Phi) is 6.07. The van der Waals surface area contributed by atoms with Gasteiger partial charge >= 0.3 is 5.97 Å². The summed E-state index contributed by atoms with van der Waals surface area (Å²) in [4.78, 5) is 25.5. The van der Waals surface area contributed by atoms with Crippen LogP contribution in [0.5, 0.6) is 0 Å². The lowest BCUT2D eigenvalue weighted by Crippen LogP contribution is -2.36. The molecule has 0 aliphatic heterocycles. The number of carbonyl (C=O) groups excluding carboxylic acids is 2. The highest BCUT2D eigenvalue weighted by Gasteiger charge is 2.19. The molecule has 0 radical (unpaired) electrons. The molecule has 18 heavy (non-hydrogen) atoms. The number of hydrogen-bond acceptors (Lipinski definition) is 4. The molecular formula is C12H14BrNO3S. The molecule has 0 N–H and O–H groups in total. The molecule has 0 unspecified atom stereocenters. The predicted molar refractivity (Wildman–Crippen MR) is 74.8 cm³/mol. The monoisotopic (exact) mass is 331 g/mol. The maximum Gasteiger partial charge on any atom is 0.325 e.